The van der Waals surface area contributed by atoms with E-state index in [2.05, 4.69) is 158 Å². The topological polar surface area (TPSA) is 7.76 Å². The third-order valence-electron chi connectivity index (χ3n) is 9.34. The Morgan fingerprint density at radius 1 is 0.737 bits per heavy atom. The summed E-state index contributed by atoms with van der Waals surface area (Å²) in [6.45, 7) is 11.5. The third-order valence-corrected chi connectivity index (χ3v) is 9.34. The van der Waals surface area contributed by atoms with Crippen molar-refractivity contribution in [2.75, 3.05) is 0 Å². The number of nitrogens with zero attached hydrogens (tertiary/aromatic N) is 2. The number of aryl methyl sites for hydroxylation is 1. The van der Waals surface area contributed by atoms with Gasteiger partial charge in [0.25, 0.3) is 0 Å². The number of hydrogen-bond acceptors (Lipinski definition) is 0. The lowest BCUT2D eigenvalue weighted by atomic mass is 9.58. The molecule has 2 aliphatic rings. The first kappa shape index (κ1) is 22.9. The van der Waals surface area contributed by atoms with Crippen molar-refractivity contribution in [2.45, 2.75) is 37.8 Å². The number of hydrogen-bond donors (Lipinski definition) is 0. The Labute approximate surface area is 225 Å². The van der Waals surface area contributed by atoms with Crippen LogP contribution in [0, 0.1) is 6.92 Å². The lowest BCUT2D eigenvalue weighted by Gasteiger charge is -2.46. The van der Waals surface area contributed by atoms with Crippen molar-refractivity contribution in [3.8, 4) is 33.6 Å². The summed E-state index contributed by atoms with van der Waals surface area (Å²) in [5, 5.41) is 0. The van der Waals surface area contributed by atoms with Gasteiger partial charge in [0.05, 0.1) is 11.1 Å². The Balaban J connectivity index is 1.58. The van der Waals surface area contributed by atoms with E-state index in [0.29, 0.717) is 0 Å². The van der Waals surface area contributed by atoms with Gasteiger partial charge in [-0.1, -0.05) is 73.3 Å². The average molecular weight is 493 g/mol. The van der Waals surface area contributed by atoms with Crippen LogP contribution in [0.4, 0.5) is 0 Å². The van der Waals surface area contributed by atoms with Gasteiger partial charge < -0.3 is 0 Å². The second-order valence-corrected chi connectivity index (χ2v) is 11.1. The third kappa shape index (κ3) is 2.83. The maximum Gasteiger partial charge on any atom is 0.213 e. The number of fused-ring (bicyclic) bond motifs is 6. The van der Waals surface area contributed by atoms with Crippen molar-refractivity contribution in [2.24, 2.45) is 0 Å². The molecule has 4 heterocycles. The van der Waals surface area contributed by atoms with E-state index in [1.807, 2.05) is 0 Å². The maximum absolute atomic E-state index is 4.46. The summed E-state index contributed by atoms with van der Waals surface area (Å²) in [6.07, 6.45) is 6.79. The molecule has 38 heavy (non-hydrogen) atoms. The summed E-state index contributed by atoms with van der Waals surface area (Å²) in [7, 11) is 0. The summed E-state index contributed by atoms with van der Waals surface area (Å²) in [6, 6.07) is 37.7. The van der Waals surface area contributed by atoms with Crippen LogP contribution >= 0.6 is 0 Å². The molecule has 0 radical (unpaired) electrons. The van der Waals surface area contributed by atoms with Crippen molar-refractivity contribution >= 4 is 0 Å². The standard InChI is InChI=1S/C36H32N2/c1-5-35(3)36(4,31-20-12-11-19-29(31)32-21-13-14-22-38(32)35)34-28-18-10-9-17-27(28)33-23-25(2)30(24-37(33)34)26-15-7-6-8-16-26/h5-24,34H,1H2,2-4H3/q+2. The molecule has 2 aliphatic heterocycles. The first-order chi connectivity index (χ1) is 18.5. The van der Waals surface area contributed by atoms with Gasteiger partial charge in [-0.2, -0.15) is 9.13 Å². The smallest absolute Gasteiger partial charge is 0.189 e. The molecule has 5 aromatic rings. The normalized spacial score (nSPS) is 22.7. The Morgan fingerprint density at radius 3 is 2.21 bits per heavy atom. The second-order valence-electron chi connectivity index (χ2n) is 11.1. The highest BCUT2D eigenvalue weighted by Crippen LogP contribution is 2.55. The van der Waals surface area contributed by atoms with Crippen LogP contribution in [-0.4, -0.2) is 0 Å². The summed E-state index contributed by atoms with van der Waals surface area (Å²) in [5.74, 6) is 0. The highest BCUT2D eigenvalue weighted by molar-refractivity contribution is 5.73. The molecule has 184 valence electrons. The van der Waals surface area contributed by atoms with E-state index in [9.17, 15) is 0 Å². The fraction of sp³-hybridized carbons (Fsp3) is 0.167. The first-order valence-electron chi connectivity index (χ1n) is 13.4. The van der Waals surface area contributed by atoms with Crippen LogP contribution in [0.25, 0.3) is 33.6 Å². The number of rotatable bonds is 3. The zero-order valence-electron chi connectivity index (χ0n) is 22.2. The van der Waals surface area contributed by atoms with Gasteiger partial charge in [-0.25, -0.2) is 0 Å². The number of allylic oxidation sites excluding steroid dienone is 1. The Kier molecular flexibility index (Phi) is 4.87. The minimum absolute atomic E-state index is 0.0711. The molecule has 0 N–H and O–H groups in total. The molecule has 0 aliphatic carbocycles. The zero-order chi connectivity index (χ0) is 26.1. The van der Waals surface area contributed by atoms with E-state index in [0.717, 1.165) is 0 Å². The molecule has 0 spiro atoms. The fourth-order valence-corrected chi connectivity index (χ4v) is 7.21. The lowest BCUT2D eigenvalue weighted by molar-refractivity contribution is -0.776. The largest absolute Gasteiger partial charge is 0.213 e. The molecule has 7 rings (SSSR count). The molecular formula is C36H32N2+2. The van der Waals surface area contributed by atoms with E-state index < -0.39 is 0 Å². The van der Waals surface area contributed by atoms with Gasteiger partial charge in [-0.05, 0) is 54.8 Å². The summed E-state index contributed by atoms with van der Waals surface area (Å²) in [4.78, 5) is 0. The predicted molar refractivity (Wildman–Crippen MR) is 154 cm³/mol. The van der Waals surface area contributed by atoms with Crippen LogP contribution in [-0.2, 0) is 11.0 Å². The van der Waals surface area contributed by atoms with Gasteiger partial charge in [0.1, 0.15) is 5.41 Å². The Morgan fingerprint density at radius 2 is 1.42 bits per heavy atom. The van der Waals surface area contributed by atoms with Gasteiger partial charge in [0, 0.05) is 36.2 Å². The van der Waals surface area contributed by atoms with Gasteiger partial charge in [-0.15, -0.1) is 0 Å². The van der Waals surface area contributed by atoms with E-state index in [-0.39, 0.29) is 17.0 Å². The van der Waals surface area contributed by atoms with Crippen LogP contribution in [0.1, 0.15) is 36.6 Å². The van der Waals surface area contributed by atoms with Crippen LogP contribution in [0.3, 0.4) is 0 Å². The number of benzene rings is 3. The minimum Gasteiger partial charge on any atom is -0.189 e. The summed E-state index contributed by atoms with van der Waals surface area (Å²) in [5.41, 5.74) is 10.9. The molecule has 2 aromatic heterocycles. The maximum atomic E-state index is 4.46. The molecular weight excluding hydrogens is 460 g/mol. The van der Waals surface area contributed by atoms with E-state index in [1.165, 1.54) is 50.3 Å². The molecule has 3 aromatic carbocycles. The van der Waals surface area contributed by atoms with Crippen molar-refractivity contribution in [1.82, 2.24) is 0 Å². The van der Waals surface area contributed by atoms with Gasteiger partial charge in [0.2, 0.25) is 17.4 Å². The van der Waals surface area contributed by atoms with Crippen molar-refractivity contribution in [1.29, 1.82) is 0 Å². The summed E-state index contributed by atoms with van der Waals surface area (Å²) >= 11 is 0. The SMILES string of the molecule is C=CC1(C)[n+]2ccccc2-c2ccccc2C1(C)C1c2ccccc2-c2cc(C)c(-c3ccccc3)c[n+]21. The highest BCUT2D eigenvalue weighted by Gasteiger charge is 2.66. The Hall–Kier alpha value is -4.30. The van der Waals surface area contributed by atoms with Gasteiger partial charge in [0.15, 0.2) is 17.9 Å². The van der Waals surface area contributed by atoms with Crippen LogP contribution in [0.5, 0.6) is 0 Å². The number of aromatic nitrogens is 2. The Bertz CT molecular complexity index is 1730. The second kappa shape index (κ2) is 8.10. The molecule has 0 saturated heterocycles. The lowest BCUT2D eigenvalue weighted by Crippen LogP contribution is -2.71. The number of pyridine rings is 2. The molecule has 2 nitrogen and oxygen atoms in total. The predicted octanol–water partition coefficient (Wildman–Crippen LogP) is 7.35. The van der Waals surface area contributed by atoms with Crippen molar-refractivity contribution < 1.29 is 9.13 Å². The quantitative estimate of drug-likeness (QED) is 0.184. The molecule has 3 unspecified atom stereocenters. The van der Waals surface area contributed by atoms with E-state index in [1.54, 1.807) is 0 Å². The minimum atomic E-state index is -0.387. The molecule has 0 saturated carbocycles. The summed E-state index contributed by atoms with van der Waals surface area (Å²) < 4.78 is 4.99. The average Bonchev–Trinajstić information content (AvgIpc) is 3.29. The molecule has 0 bridgehead atoms. The highest BCUT2D eigenvalue weighted by atomic mass is 15.1. The van der Waals surface area contributed by atoms with Crippen LogP contribution in [0.15, 0.2) is 128 Å². The monoisotopic (exact) mass is 492 g/mol. The first-order valence-corrected chi connectivity index (χ1v) is 13.4. The molecule has 0 fully saturated rings. The van der Waals surface area contributed by atoms with E-state index in [4.69, 9.17) is 0 Å². The van der Waals surface area contributed by atoms with Crippen molar-refractivity contribution in [3.05, 3.63) is 145 Å². The van der Waals surface area contributed by atoms with Gasteiger partial charge >= 0.3 is 0 Å². The zero-order valence-corrected chi connectivity index (χ0v) is 22.2. The molecule has 2 heteroatoms. The molecule has 3 atom stereocenters. The molecule has 0 amide bonds. The van der Waals surface area contributed by atoms with Crippen LogP contribution in [0.2, 0.25) is 0 Å². The van der Waals surface area contributed by atoms with Gasteiger partial charge in [-0.3, -0.25) is 0 Å². The van der Waals surface area contributed by atoms with E-state index >= 15 is 0 Å². The fourth-order valence-electron chi connectivity index (χ4n) is 7.21. The van der Waals surface area contributed by atoms with Crippen molar-refractivity contribution in [3.63, 3.8) is 0 Å². The van der Waals surface area contributed by atoms with Crippen LogP contribution < -0.4 is 9.13 Å².